The predicted molar refractivity (Wildman–Crippen MR) is 195 cm³/mol. The molecule has 1 unspecified atom stereocenters. The summed E-state index contributed by atoms with van der Waals surface area (Å²) in [6.45, 7) is 3.26. The Balaban J connectivity index is 1.05. The van der Waals surface area contributed by atoms with Gasteiger partial charge in [0, 0.05) is 67.1 Å². The highest BCUT2D eigenvalue weighted by Crippen LogP contribution is 2.44. The number of aryl methyl sites for hydroxylation is 1. The molecule has 284 valence electrons. The van der Waals surface area contributed by atoms with Crippen LogP contribution in [0.4, 0.5) is 20.3 Å². The Hall–Kier alpha value is -5.73. The summed E-state index contributed by atoms with van der Waals surface area (Å²) in [6.07, 6.45) is 8.16. The molecule has 9 rings (SSSR count). The number of anilines is 2. The molecule has 1 atom stereocenters. The van der Waals surface area contributed by atoms with E-state index in [4.69, 9.17) is 5.10 Å². The van der Waals surface area contributed by atoms with Gasteiger partial charge in [-0.05, 0) is 73.6 Å². The molecule has 5 amide bonds. The zero-order valence-electron chi connectivity index (χ0n) is 30.4. The van der Waals surface area contributed by atoms with Gasteiger partial charge < -0.3 is 9.80 Å². The van der Waals surface area contributed by atoms with Crippen molar-refractivity contribution in [1.29, 1.82) is 0 Å². The van der Waals surface area contributed by atoms with Crippen LogP contribution in [0.15, 0.2) is 42.7 Å². The van der Waals surface area contributed by atoms with Crippen LogP contribution in [-0.2, 0) is 33.8 Å². The second kappa shape index (κ2) is 13.5. The van der Waals surface area contributed by atoms with Gasteiger partial charge in [0.05, 0.1) is 35.6 Å². The zero-order chi connectivity index (χ0) is 38.1. The molecule has 0 radical (unpaired) electrons. The first-order valence-corrected chi connectivity index (χ1v) is 19.1. The van der Waals surface area contributed by atoms with Crippen LogP contribution in [0.3, 0.4) is 0 Å². The lowest BCUT2D eigenvalue weighted by Gasteiger charge is -2.33. The van der Waals surface area contributed by atoms with E-state index in [0.717, 1.165) is 59.6 Å². The summed E-state index contributed by atoms with van der Waals surface area (Å²) in [6, 6.07) is 7.18. The molecule has 2 aromatic carbocycles. The monoisotopic (exact) mass is 750 g/mol. The van der Waals surface area contributed by atoms with Crippen LogP contribution >= 0.6 is 0 Å². The molecular formula is C40H40F2N8O5. The maximum absolute atomic E-state index is 15.0. The molecule has 1 aliphatic carbocycles. The number of amides is 5. The van der Waals surface area contributed by atoms with Crippen molar-refractivity contribution in [3.05, 3.63) is 76.2 Å². The average Bonchev–Trinajstić information content (AvgIpc) is 3.89. The Labute approximate surface area is 315 Å². The maximum atomic E-state index is 15.0. The second-order valence-electron chi connectivity index (χ2n) is 15.2. The van der Waals surface area contributed by atoms with Crippen LogP contribution < -0.4 is 10.2 Å². The van der Waals surface area contributed by atoms with E-state index >= 15 is 8.78 Å². The van der Waals surface area contributed by atoms with Crippen molar-refractivity contribution in [3.63, 3.8) is 0 Å². The molecule has 1 N–H and O–H groups in total. The van der Waals surface area contributed by atoms with E-state index in [-0.39, 0.29) is 41.5 Å². The number of piperidine rings is 1. The molecule has 0 bridgehead atoms. The Bertz CT molecular complexity index is 2290. The lowest BCUT2D eigenvalue weighted by Crippen LogP contribution is -2.54. The number of hydrogen-bond donors (Lipinski definition) is 1. The van der Waals surface area contributed by atoms with Gasteiger partial charge in [-0.1, -0.05) is 19.3 Å². The molecule has 6 heterocycles. The fraction of sp³-hybridized carbons (Fsp3) is 0.425. The number of imide groups is 2. The minimum Gasteiger partial charge on any atom is -0.338 e. The zero-order valence-corrected chi connectivity index (χ0v) is 30.4. The summed E-state index contributed by atoms with van der Waals surface area (Å²) in [5.74, 6) is -1.68. The van der Waals surface area contributed by atoms with E-state index in [1.807, 2.05) is 11.0 Å². The predicted octanol–water partition coefficient (Wildman–Crippen LogP) is 5.57. The van der Waals surface area contributed by atoms with Gasteiger partial charge in [0.2, 0.25) is 17.7 Å². The minimum atomic E-state index is -2.80. The van der Waals surface area contributed by atoms with Gasteiger partial charge in [0.15, 0.2) is 5.82 Å². The maximum Gasteiger partial charge on any atom is 0.264 e. The van der Waals surface area contributed by atoms with Crippen molar-refractivity contribution in [1.82, 2.24) is 34.7 Å². The third kappa shape index (κ3) is 5.91. The Kier molecular flexibility index (Phi) is 8.61. The van der Waals surface area contributed by atoms with Gasteiger partial charge in [0.1, 0.15) is 6.04 Å². The number of carbonyl (C=O) groups excluding carboxylic acids is 5. The number of aromatic nitrogens is 4. The first kappa shape index (κ1) is 35.0. The van der Waals surface area contributed by atoms with Crippen molar-refractivity contribution >= 4 is 41.0 Å². The lowest BCUT2D eigenvalue weighted by atomic mass is 9.92. The van der Waals surface area contributed by atoms with E-state index in [0.29, 0.717) is 55.0 Å². The first-order valence-electron chi connectivity index (χ1n) is 19.1. The Morgan fingerprint density at radius 1 is 0.891 bits per heavy atom. The summed E-state index contributed by atoms with van der Waals surface area (Å²) in [4.78, 5) is 68.1. The van der Waals surface area contributed by atoms with Crippen LogP contribution in [0.1, 0.15) is 114 Å². The highest BCUT2D eigenvalue weighted by atomic mass is 19.3. The molecule has 0 spiro atoms. The minimum absolute atomic E-state index is 0.000380. The average molecular weight is 751 g/mol. The standard InChI is InChI=1S/C40H40F2N8O5/c1-22(51)46-15-13-32-31(21-46)37(45-50(32)25-7-3-2-4-8-25)47-14-5-6-23-16-28(29(36(41)42)18-34(23)47)24-19-43-48(20-24)26-9-10-27-30(17-26)40(55)49(39(27)54)33-11-12-35(52)44-38(33)53/h9-10,16-20,25,33,36H,2-8,11-15,21H2,1H3,(H,44,52,53). The van der Waals surface area contributed by atoms with E-state index < -0.39 is 36.1 Å². The van der Waals surface area contributed by atoms with E-state index in [9.17, 15) is 24.0 Å². The third-order valence-corrected chi connectivity index (χ3v) is 11.9. The van der Waals surface area contributed by atoms with E-state index in [1.165, 1.54) is 29.4 Å². The van der Waals surface area contributed by atoms with Crippen molar-refractivity contribution < 1.29 is 32.8 Å². The van der Waals surface area contributed by atoms with Crippen LogP contribution in [0.5, 0.6) is 0 Å². The number of nitrogens with one attached hydrogen (secondary N) is 1. The largest absolute Gasteiger partial charge is 0.338 e. The van der Waals surface area contributed by atoms with Crippen molar-refractivity contribution in [2.75, 3.05) is 18.0 Å². The van der Waals surface area contributed by atoms with Crippen LogP contribution in [0.2, 0.25) is 0 Å². The molecule has 4 aliphatic heterocycles. The molecule has 1 saturated heterocycles. The van der Waals surface area contributed by atoms with Gasteiger partial charge in [-0.25, -0.2) is 13.5 Å². The molecule has 2 aromatic heterocycles. The van der Waals surface area contributed by atoms with Gasteiger partial charge in [-0.2, -0.15) is 10.2 Å². The highest BCUT2D eigenvalue weighted by molar-refractivity contribution is 6.23. The van der Waals surface area contributed by atoms with Crippen molar-refractivity contribution in [3.8, 4) is 16.8 Å². The summed E-state index contributed by atoms with van der Waals surface area (Å²) in [5.41, 5.74) is 5.04. The van der Waals surface area contributed by atoms with Gasteiger partial charge in [0.25, 0.3) is 18.2 Å². The van der Waals surface area contributed by atoms with E-state index in [1.54, 1.807) is 25.3 Å². The quantitative estimate of drug-likeness (QED) is 0.252. The number of benzene rings is 2. The topological polar surface area (TPSA) is 143 Å². The summed E-state index contributed by atoms with van der Waals surface area (Å²) in [5, 5.41) is 11.9. The number of halogens is 2. The fourth-order valence-corrected chi connectivity index (χ4v) is 9.05. The van der Waals surface area contributed by atoms with Crippen molar-refractivity contribution in [2.24, 2.45) is 0 Å². The fourth-order valence-electron chi connectivity index (χ4n) is 9.05. The molecule has 4 aromatic rings. The number of alkyl halides is 2. The van der Waals surface area contributed by atoms with Gasteiger partial charge in [-0.15, -0.1) is 0 Å². The van der Waals surface area contributed by atoms with Crippen LogP contribution in [0, 0.1) is 0 Å². The number of carbonyl (C=O) groups is 5. The third-order valence-electron chi connectivity index (χ3n) is 11.9. The summed E-state index contributed by atoms with van der Waals surface area (Å²) < 4.78 is 33.7. The van der Waals surface area contributed by atoms with Gasteiger partial charge in [-0.3, -0.25) is 38.9 Å². The molecule has 13 nitrogen and oxygen atoms in total. The molecule has 5 aliphatic rings. The number of fused-ring (bicyclic) bond motifs is 3. The van der Waals surface area contributed by atoms with Crippen LogP contribution in [0.25, 0.3) is 16.8 Å². The lowest BCUT2D eigenvalue weighted by molar-refractivity contribution is -0.136. The molecule has 1 saturated carbocycles. The number of rotatable bonds is 6. The van der Waals surface area contributed by atoms with Crippen molar-refractivity contribution in [2.45, 2.75) is 96.2 Å². The number of hydrogen-bond acceptors (Lipinski definition) is 8. The van der Waals surface area contributed by atoms with Gasteiger partial charge >= 0.3 is 0 Å². The molecule has 55 heavy (non-hydrogen) atoms. The summed E-state index contributed by atoms with van der Waals surface area (Å²) in [7, 11) is 0. The SMILES string of the molecule is CC(=O)N1CCc2c(c(N3CCCc4cc(-c5cnn(-c6ccc7c(c6)C(=O)N(C6CCC(=O)NC6=O)C7=O)c5)c(C(F)F)cc43)nn2C2CCCCC2)C1. The highest BCUT2D eigenvalue weighted by Gasteiger charge is 2.45. The van der Waals surface area contributed by atoms with Crippen LogP contribution in [-0.4, -0.2) is 78.0 Å². The summed E-state index contributed by atoms with van der Waals surface area (Å²) >= 11 is 0. The first-order chi connectivity index (χ1) is 26.6. The Morgan fingerprint density at radius 3 is 2.45 bits per heavy atom. The normalized spacial score (nSPS) is 20.2. The molecule has 2 fully saturated rings. The second-order valence-corrected chi connectivity index (χ2v) is 15.2. The molecular weight excluding hydrogens is 710 g/mol. The smallest absolute Gasteiger partial charge is 0.264 e. The molecule has 15 heteroatoms. The number of nitrogens with zero attached hydrogens (tertiary/aromatic N) is 7. The Morgan fingerprint density at radius 2 is 1.69 bits per heavy atom. The van der Waals surface area contributed by atoms with E-state index in [2.05, 4.69) is 20.0 Å².